The van der Waals surface area contributed by atoms with Crippen LogP contribution in [0.15, 0.2) is 105 Å². The van der Waals surface area contributed by atoms with Crippen molar-refractivity contribution in [2.45, 2.75) is 93.4 Å². The number of esters is 1. The highest BCUT2D eigenvalue weighted by molar-refractivity contribution is 8.04. The Morgan fingerprint density at radius 3 is 1.62 bits per heavy atom. The molecule has 0 saturated heterocycles. The number of benzene rings is 5. The molecule has 0 fully saturated rings. The number of ether oxygens (including phenoxy) is 2. The number of fused-ring (bicyclic) bond motifs is 8. The van der Waals surface area contributed by atoms with Crippen LogP contribution in [0.2, 0.25) is 10.0 Å². The van der Waals surface area contributed by atoms with E-state index in [-0.39, 0.29) is 5.02 Å². The van der Waals surface area contributed by atoms with Crippen LogP contribution in [0.5, 0.6) is 11.5 Å². The number of hydrogen-bond acceptors (Lipinski definition) is 9. The molecule has 5 aromatic rings. The number of nitrogens with zero attached hydrogens (tertiary/aromatic N) is 2. The van der Waals surface area contributed by atoms with Crippen LogP contribution in [0.3, 0.4) is 0 Å². The van der Waals surface area contributed by atoms with Crippen LogP contribution in [0, 0.1) is 22.7 Å². The minimum Gasteiger partial charge on any atom is -0.456 e. The largest absolute Gasteiger partial charge is 0.456 e. The van der Waals surface area contributed by atoms with Crippen molar-refractivity contribution in [2.75, 3.05) is 10.6 Å². The summed E-state index contributed by atoms with van der Waals surface area (Å²) in [5.41, 5.74) is 6.99. The van der Waals surface area contributed by atoms with E-state index in [1.54, 1.807) is 12.1 Å². The molecular formula is C50H42Cl2N4O3S2. The van der Waals surface area contributed by atoms with Crippen LogP contribution in [-0.4, -0.2) is 5.97 Å². The van der Waals surface area contributed by atoms with Crippen LogP contribution in [-0.2, 0) is 23.2 Å². The molecule has 1 spiro atoms. The van der Waals surface area contributed by atoms with Gasteiger partial charge in [0.2, 0.25) is 0 Å². The van der Waals surface area contributed by atoms with Crippen LogP contribution in [0.25, 0.3) is 11.1 Å². The molecule has 7 nitrogen and oxygen atoms in total. The van der Waals surface area contributed by atoms with Crippen molar-refractivity contribution in [1.29, 1.82) is 10.5 Å². The number of hydrogen-bond donors (Lipinski definition) is 2. The van der Waals surface area contributed by atoms with Crippen molar-refractivity contribution in [2.24, 2.45) is 0 Å². The van der Waals surface area contributed by atoms with Gasteiger partial charge in [0.15, 0.2) is 5.60 Å². The van der Waals surface area contributed by atoms with Crippen LogP contribution < -0.4 is 15.4 Å². The molecule has 0 radical (unpaired) electrons. The number of nitriles is 2. The van der Waals surface area contributed by atoms with Crippen molar-refractivity contribution in [3.05, 3.63) is 150 Å². The predicted molar refractivity (Wildman–Crippen MR) is 247 cm³/mol. The molecule has 4 aliphatic rings. The van der Waals surface area contributed by atoms with Gasteiger partial charge >= 0.3 is 5.97 Å². The van der Waals surface area contributed by atoms with E-state index in [1.165, 1.54) is 23.5 Å². The molecular weight excluding hydrogens is 840 g/mol. The topological polar surface area (TPSA) is 107 Å². The first kappa shape index (κ1) is 41.1. The van der Waals surface area contributed by atoms with Crippen molar-refractivity contribution < 1.29 is 14.3 Å². The van der Waals surface area contributed by atoms with Gasteiger partial charge in [-0.2, -0.15) is 10.5 Å². The maximum absolute atomic E-state index is 14.2. The molecule has 9 rings (SSSR count). The molecule has 0 aliphatic carbocycles. The number of carbonyl (C=O) groups is 1. The van der Waals surface area contributed by atoms with Gasteiger partial charge in [0.25, 0.3) is 0 Å². The number of nitrogens with one attached hydrogen (secondary N) is 2. The van der Waals surface area contributed by atoms with E-state index >= 15 is 0 Å². The van der Waals surface area contributed by atoms with Gasteiger partial charge in [-0.25, -0.2) is 4.79 Å². The van der Waals surface area contributed by atoms with Gasteiger partial charge in [0, 0.05) is 37.6 Å². The molecule has 61 heavy (non-hydrogen) atoms. The van der Waals surface area contributed by atoms with E-state index in [2.05, 4.69) is 48.8 Å². The van der Waals surface area contributed by atoms with Gasteiger partial charge in [-0.15, -0.1) is 0 Å². The number of aryl methyl sites for hydroxylation is 2. The molecule has 2 N–H and O–H groups in total. The summed E-state index contributed by atoms with van der Waals surface area (Å²) in [5, 5.41) is 30.9. The van der Waals surface area contributed by atoms with Crippen molar-refractivity contribution in [3.63, 3.8) is 0 Å². The van der Waals surface area contributed by atoms with Crippen LogP contribution in [0.4, 0.5) is 11.4 Å². The Labute approximate surface area is 375 Å². The average Bonchev–Trinajstić information content (AvgIpc) is 3.97. The predicted octanol–water partition coefficient (Wildman–Crippen LogP) is 14.6. The first-order valence-corrected chi connectivity index (χ1v) is 23.3. The van der Waals surface area contributed by atoms with Gasteiger partial charge in [-0.3, -0.25) is 0 Å². The molecule has 0 unspecified atom stereocenters. The molecule has 0 amide bonds. The Kier molecular flexibility index (Phi) is 11.6. The molecule has 4 heterocycles. The minimum atomic E-state index is -1.47. The summed E-state index contributed by atoms with van der Waals surface area (Å²) in [4.78, 5) is 16.3. The van der Waals surface area contributed by atoms with E-state index in [0.717, 1.165) is 105 Å². The number of carbonyl (C=O) groups excluding carboxylic acids is 1. The zero-order valence-corrected chi connectivity index (χ0v) is 37.0. The molecule has 5 aromatic carbocycles. The first-order chi connectivity index (χ1) is 29.8. The van der Waals surface area contributed by atoms with Gasteiger partial charge in [-0.05, 0) is 97.5 Å². The Balaban J connectivity index is 1.28. The SMILES string of the molecule is CCCCCCc1cc2c(cc1/C(C#N)=C1/Nc3ccccc3S1)Oc1cc(/C(C#N)=C3/Nc4ccccc4S3)c(CCCCCC)cc1C21OC(=O)c2cc(Cl)c(Cl)cc21. The van der Waals surface area contributed by atoms with E-state index in [9.17, 15) is 15.3 Å². The lowest BCUT2D eigenvalue weighted by Gasteiger charge is -2.38. The van der Waals surface area contributed by atoms with E-state index in [0.29, 0.717) is 62.8 Å². The third-order valence-electron chi connectivity index (χ3n) is 11.8. The zero-order chi connectivity index (χ0) is 42.3. The summed E-state index contributed by atoms with van der Waals surface area (Å²) in [6, 6.07) is 32.4. The van der Waals surface area contributed by atoms with Crippen molar-refractivity contribution >= 4 is 75.2 Å². The average molecular weight is 882 g/mol. The minimum absolute atomic E-state index is 0.251. The van der Waals surface area contributed by atoms with Crippen molar-refractivity contribution in [1.82, 2.24) is 0 Å². The van der Waals surface area contributed by atoms with Gasteiger partial charge < -0.3 is 20.1 Å². The smallest absolute Gasteiger partial charge is 0.340 e. The first-order valence-electron chi connectivity index (χ1n) is 20.9. The van der Waals surface area contributed by atoms with Gasteiger partial charge in [0.05, 0.1) is 48.2 Å². The van der Waals surface area contributed by atoms with Gasteiger partial charge in [0.1, 0.15) is 23.6 Å². The number of unbranched alkanes of at least 4 members (excludes halogenated alkanes) is 6. The lowest BCUT2D eigenvalue weighted by atomic mass is 9.75. The maximum Gasteiger partial charge on any atom is 0.340 e. The summed E-state index contributed by atoms with van der Waals surface area (Å²) in [7, 11) is 0. The molecule has 4 aliphatic heterocycles. The Bertz CT molecular complexity index is 2580. The summed E-state index contributed by atoms with van der Waals surface area (Å²) >= 11 is 16.5. The third-order valence-corrected chi connectivity index (χ3v) is 14.7. The number of rotatable bonds is 12. The highest BCUT2D eigenvalue weighted by atomic mass is 35.5. The standard InChI is InChI=1S/C50H42Cl2N4O3S2/c1-3-5-7-9-15-29-21-37-43(24-31(29)34(27-53)47-55-41-17-11-13-19-45(41)60-47)58-44-25-32(35(28-54)48-56-42-18-12-14-20-46(42)61-48)30(16-10-8-6-4-2)22-38(44)50(37)36-26-40(52)39(51)23-33(36)49(57)59-50/h11-14,17-26,55-56H,3-10,15-16H2,1-2H3/b47-34-,48-35-. The van der Waals surface area contributed by atoms with Crippen LogP contribution in [0.1, 0.15) is 115 Å². The summed E-state index contributed by atoms with van der Waals surface area (Å²) in [6.07, 6.45) is 9.60. The van der Waals surface area contributed by atoms with Crippen LogP contribution >= 0.6 is 46.7 Å². The number of para-hydroxylation sites is 2. The highest BCUT2D eigenvalue weighted by Crippen LogP contribution is 2.59. The summed E-state index contributed by atoms with van der Waals surface area (Å²) < 4.78 is 13.7. The second-order valence-electron chi connectivity index (χ2n) is 15.7. The molecule has 0 atom stereocenters. The van der Waals surface area contributed by atoms with Crippen molar-refractivity contribution in [3.8, 4) is 23.6 Å². The fraction of sp³-hybridized carbons (Fsp3) is 0.260. The molecule has 0 aromatic heterocycles. The Morgan fingerprint density at radius 2 is 1.15 bits per heavy atom. The summed E-state index contributed by atoms with van der Waals surface area (Å²) in [6.45, 7) is 4.37. The number of thioether (sulfide) groups is 2. The van der Waals surface area contributed by atoms with Gasteiger partial charge in [-0.1, -0.05) is 123 Å². The Morgan fingerprint density at radius 1 is 0.656 bits per heavy atom. The Hall–Kier alpha value is -5.29. The zero-order valence-electron chi connectivity index (χ0n) is 33.8. The second kappa shape index (κ2) is 17.2. The summed E-state index contributed by atoms with van der Waals surface area (Å²) in [5.74, 6) is 0.353. The monoisotopic (exact) mass is 880 g/mol. The number of anilines is 2. The quantitative estimate of drug-likeness (QED) is 0.0719. The lowest BCUT2D eigenvalue weighted by Crippen LogP contribution is -2.33. The van der Waals surface area contributed by atoms with E-state index < -0.39 is 11.6 Å². The number of halogens is 2. The van der Waals surface area contributed by atoms with E-state index in [4.69, 9.17) is 32.7 Å². The fourth-order valence-electron chi connectivity index (χ4n) is 8.78. The molecule has 0 saturated carbocycles. The second-order valence-corrected chi connectivity index (χ2v) is 18.6. The molecule has 0 bridgehead atoms. The molecule has 306 valence electrons. The fourth-order valence-corrected chi connectivity index (χ4v) is 11.1. The van der Waals surface area contributed by atoms with E-state index in [1.807, 2.05) is 60.7 Å². The number of allylic oxidation sites excluding steroid dienone is 2. The lowest BCUT2D eigenvalue weighted by molar-refractivity contribution is 0.0223. The molecule has 11 heteroatoms. The maximum atomic E-state index is 14.2. The normalized spacial score (nSPS) is 16.5. The third kappa shape index (κ3) is 7.36. The highest BCUT2D eigenvalue weighted by Gasteiger charge is 2.54.